The van der Waals surface area contributed by atoms with E-state index in [2.05, 4.69) is 35.2 Å². The Morgan fingerprint density at radius 2 is 2.16 bits per heavy atom. The summed E-state index contributed by atoms with van der Waals surface area (Å²) in [6.45, 7) is 2.11. The molecular weight excluding hydrogens is 332 g/mol. The van der Waals surface area contributed by atoms with Crippen LogP contribution in [0, 0.1) is 5.92 Å². The van der Waals surface area contributed by atoms with Crippen LogP contribution in [0.3, 0.4) is 0 Å². The third-order valence-electron chi connectivity index (χ3n) is 5.35. The second-order valence-electron chi connectivity index (χ2n) is 7.01. The van der Waals surface area contributed by atoms with E-state index in [9.17, 15) is 5.11 Å². The fourth-order valence-corrected chi connectivity index (χ4v) is 4.80. The van der Waals surface area contributed by atoms with Gasteiger partial charge in [0.05, 0.1) is 5.69 Å². The van der Waals surface area contributed by atoms with E-state index in [4.69, 9.17) is 4.98 Å². The highest BCUT2D eigenvalue weighted by atomic mass is 32.1. The number of rotatable bonds is 2. The van der Waals surface area contributed by atoms with Crippen LogP contribution >= 0.6 is 11.3 Å². The molecule has 0 radical (unpaired) electrons. The maximum atomic E-state index is 10.8. The van der Waals surface area contributed by atoms with E-state index in [-0.39, 0.29) is 0 Å². The largest absolute Gasteiger partial charge is 0.384 e. The summed E-state index contributed by atoms with van der Waals surface area (Å²) < 4.78 is 1.77. The molecule has 126 valence electrons. The van der Waals surface area contributed by atoms with E-state index < -0.39 is 5.60 Å². The van der Waals surface area contributed by atoms with Gasteiger partial charge in [0, 0.05) is 40.7 Å². The summed E-state index contributed by atoms with van der Waals surface area (Å²) in [6.07, 6.45) is 5.70. The smallest absolute Gasteiger partial charge is 0.181 e. The summed E-state index contributed by atoms with van der Waals surface area (Å²) >= 11 is 1.60. The zero-order chi connectivity index (χ0) is 17.2. The lowest BCUT2D eigenvalue weighted by atomic mass is 9.70. The standard InChI is InChI=1S/C19H18N4OS/c1-11-5-6-19(11,24)16-8-12-3-4-15(21-18(12)25-16)13-7-14-10-23(2)22-17(14)20-9-13/h3-4,7-11,24H,5-6H2,1-2H3/t11-,19+/m1/s1. The topological polar surface area (TPSA) is 63.8 Å². The number of aliphatic hydroxyl groups is 1. The summed E-state index contributed by atoms with van der Waals surface area (Å²) in [7, 11) is 1.89. The van der Waals surface area contributed by atoms with Crippen molar-refractivity contribution in [2.75, 3.05) is 0 Å². The van der Waals surface area contributed by atoms with Crippen LogP contribution in [-0.2, 0) is 12.6 Å². The molecule has 0 unspecified atom stereocenters. The van der Waals surface area contributed by atoms with Crippen molar-refractivity contribution in [3.63, 3.8) is 0 Å². The highest BCUT2D eigenvalue weighted by Gasteiger charge is 2.44. The lowest BCUT2D eigenvalue weighted by Crippen LogP contribution is -2.41. The molecule has 25 heavy (non-hydrogen) atoms. The number of aryl methyl sites for hydroxylation is 1. The Balaban J connectivity index is 1.59. The first-order valence-corrected chi connectivity index (χ1v) is 9.28. The first-order chi connectivity index (χ1) is 12.0. The Morgan fingerprint density at radius 1 is 1.28 bits per heavy atom. The highest BCUT2D eigenvalue weighted by molar-refractivity contribution is 7.18. The summed E-state index contributed by atoms with van der Waals surface area (Å²) in [6, 6.07) is 8.26. The van der Waals surface area contributed by atoms with Gasteiger partial charge in [0.25, 0.3) is 0 Å². The molecular formula is C19H18N4OS. The number of hydrogen-bond donors (Lipinski definition) is 1. The van der Waals surface area contributed by atoms with Crippen LogP contribution < -0.4 is 0 Å². The zero-order valence-corrected chi connectivity index (χ0v) is 14.9. The minimum Gasteiger partial charge on any atom is -0.384 e. The number of pyridine rings is 2. The summed E-state index contributed by atoms with van der Waals surface area (Å²) in [5, 5.41) is 17.2. The van der Waals surface area contributed by atoms with E-state index in [0.29, 0.717) is 5.92 Å². The first-order valence-electron chi connectivity index (χ1n) is 8.46. The molecule has 4 aromatic rings. The Kier molecular flexibility index (Phi) is 3.05. The van der Waals surface area contributed by atoms with Gasteiger partial charge in [-0.05, 0) is 43.0 Å². The second-order valence-corrected chi connectivity index (χ2v) is 8.04. The first kappa shape index (κ1) is 15.0. The molecule has 0 aromatic carbocycles. The fourth-order valence-electron chi connectivity index (χ4n) is 3.54. The molecule has 2 atom stereocenters. The van der Waals surface area contributed by atoms with Gasteiger partial charge in [-0.1, -0.05) is 6.92 Å². The zero-order valence-electron chi connectivity index (χ0n) is 14.1. The van der Waals surface area contributed by atoms with Gasteiger partial charge in [0.1, 0.15) is 10.4 Å². The third-order valence-corrected chi connectivity index (χ3v) is 6.56. The van der Waals surface area contributed by atoms with E-state index in [1.165, 1.54) is 0 Å². The van der Waals surface area contributed by atoms with Crippen LogP contribution in [0.25, 0.3) is 32.5 Å². The second kappa shape index (κ2) is 5.09. The fraction of sp³-hybridized carbons (Fsp3) is 0.316. The molecule has 1 aliphatic carbocycles. The van der Waals surface area contributed by atoms with Crippen molar-refractivity contribution in [3.05, 3.63) is 41.5 Å². The molecule has 1 aliphatic rings. The Bertz CT molecular complexity index is 1120. The third kappa shape index (κ3) is 2.21. The molecule has 1 fully saturated rings. The van der Waals surface area contributed by atoms with E-state index in [1.807, 2.05) is 25.5 Å². The quantitative estimate of drug-likeness (QED) is 0.596. The van der Waals surface area contributed by atoms with Crippen molar-refractivity contribution in [1.82, 2.24) is 19.7 Å². The average Bonchev–Trinajstić information content (AvgIpc) is 3.20. The maximum Gasteiger partial charge on any atom is 0.181 e. The van der Waals surface area contributed by atoms with Gasteiger partial charge in [-0.3, -0.25) is 4.68 Å². The molecule has 0 spiro atoms. The SMILES string of the molecule is C[C@@H]1CC[C@@]1(O)c1cc2ccc(-c3cnc4nn(C)cc4c3)nc2s1. The lowest BCUT2D eigenvalue weighted by Gasteiger charge is -2.42. The number of aromatic nitrogens is 4. The lowest BCUT2D eigenvalue weighted by molar-refractivity contribution is -0.0899. The van der Waals surface area contributed by atoms with Crippen LogP contribution in [0.5, 0.6) is 0 Å². The van der Waals surface area contributed by atoms with Gasteiger partial charge in [0.2, 0.25) is 0 Å². The molecule has 5 rings (SSSR count). The Labute approximate surface area is 149 Å². The molecule has 0 amide bonds. The highest BCUT2D eigenvalue weighted by Crippen LogP contribution is 2.49. The van der Waals surface area contributed by atoms with Gasteiger partial charge < -0.3 is 5.11 Å². The number of hydrogen-bond acceptors (Lipinski definition) is 5. The summed E-state index contributed by atoms with van der Waals surface area (Å²) in [5.74, 6) is 0.317. The van der Waals surface area contributed by atoms with Crippen LogP contribution in [0.1, 0.15) is 24.6 Å². The van der Waals surface area contributed by atoms with E-state index in [1.54, 1.807) is 16.0 Å². The number of thiophene rings is 1. The predicted octanol–water partition coefficient (Wildman–Crippen LogP) is 3.86. The number of nitrogens with zero attached hydrogens (tertiary/aromatic N) is 4. The molecule has 0 saturated heterocycles. The van der Waals surface area contributed by atoms with Gasteiger partial charge in [-0.2, -0.15) is 5.10 Å². The van der Waals surface area contributed by atoms with Crippen molar-refractivity contribution in [2.24, 2.45) is 13.0 Å². The summed E-state index contributed by atoms with van der Waals surface area (Å²) in [4.78, 5) is 11.2. The van der Waals surface area contributed by atoms with Crippen molar-refractivity contribution in [2.45, 2.75) is 25.4 Å². The molecule has 1 N–H and O–H groups in total. The van der Waals surface area contributed by atoms with Gasteiger partial charge >= 0.3 is 0 Å². The van der Waals surface area contributed by atoms with Crippen molar-refractivity contribution < 1.29 is 5.11 Å². The van der Waals surface area contributed by atoms with Gasteiger partial charge in [0.15, 0.2) is 5.65 Å². The van der Waals surface area contributed by atoms with Crippen LogP contribution in [0.4, 0.5) is 0 Å². The molecule has 4 aromatic heterocycles. The van der Waals surface area contributed by atoms with Crippen molar-refractivity contribution in [3.8, 4) is 11.3 Å². The molecule has 4 heterocycles. The van der Waals surface area contributed by atoms with Crippen molar-refractivity contribution in [1.29, 1.82) is 0 Å². The van der Waals surface area contributed by atoms with Crippen molar-refractivity contribution >= 4 is 32.6 Å². The molecule has 0 bridgehead atoms. The minimum atomic E-state index is -0.665. The average molecular weight is 350 g/mol. The van der Waals surface area contributed by atoms with Crippen LogP contribution in [-0.4, -0.2) is 24.9 Å². The molecule has 1 saturated carbocycles. The van der Waals surface area contributed by atoms with E-state index >= 15 is 0 Å². The minimum absolute atomic E-state index is 0.317. The monoisotopic (exact) mass is 350 g/mol. The van der Waals surface area contributed by atoms with E-state index in [0.717, 1.165) is 50.2 Å². The predicted molar refractivity (Wildman–Crippen MR) is 99.4 cm³/mol. The van der Waals surface area contributed by atoms with Gasteiger partial charge in [-0.15, -0.1) is 11.3 Å². The Morgan fingerprint density at radius 3 is 2.92 bits per heavy atom. The molecule has 6 heteroatoms. The summed E-state index contributed by atoms with van der Waals surface area (Å²) in [5.41, 5.74) is 1.95. The van der Waals surface area contributed by atoms with Gasteiger partial charge in [-0.25, -0.2) is 9.97 Å². The maximum absolute atomic E-state index is 10.8. The van der Waals surface area contributed by atoms with Crippen LogP contribution in [0.15, 0.2) is 36.7 Å². The Hall–Kier alpha value is -2.31. The van der Waals surface area contributed by atoms with Crippen LogP contribution in [0.2, 0.25) is 0 Å². The molecule has 5 nitrogen and oxygen atoms in total. The number of fused-ring (bicyclic) bond motifs is 2. The molecule has 0 aliphatic heterocycles. The normalized spacial score (nSPS) is 23.2.